The number of hydrogen-bond donors (Lipinski definition) is 0. The van der Waals surface area contributed by atoms with Gasteiger partial charge in [0.05, 0.1) is 26.3 Å². The maximum Gasteiger partial charge on any atom is 0.306 e. The molecule has 0 saturated carbocycles. The summed E-state index contributed by atoms with van der Waals surface area (Å²) >= 11 is 0. The Balaban J connectivity index is 2.93. The molecule has 0 saturated heterocycles. The van der Waals surface area contributed by atoms with Gasteiger partial charge in [-0.05, 0) is 12.1 Å². The normalized spacial score (nSPS) is 11.3. The highest BCUT2D eigenvalue weighted by molar-refractivity contribution is 7.90. The lowest BCUT2D eigenvalue weighted by atomic mass is 10.3. The molecule has 0 amide bonds. The minimum absolute atomic E-state index is 0.00794. The summed E-state index contributed by atoms with van der Waals surface area (Å²) in [5, 5.41) is 0. The summed E-state index contributed by atoms with van der Waals surface area (Å²) in [6.07, 6.45) is -0.00794. The van der Waals surface area contributed by atoms with Gasteiger partial charge in [0.2, 0.25) is 0 Å². The Morgan fingerprint density at radius 3 is 2.38 bits per heavy atom. The molecule has 0 heterocycles. The van der Waals surface area contributed by atoms with E-state index in [1.54, 1.807) is 24.3 Å². The molecule has 7 nitrogen and oxygen atoms in total. The second-order valence-electron chi connectivity index (χ2n) is 4.29. The molecule has 0 aliphatic rings. The van der Waals surface area contributed by atoms with Crippen LogP contribution in [0.3, 0.4) is 0 Å². The highest BCUT2D eigenvalue weighted by atomic mass is 32.2. The van der Waals surface area contributed by atoms with Gasteiger partial charge < -0.3 is 9.47 Å². The van der Waals surface area contributed by atoms with Gasteiger partial charge in [-0.2, -0.15) is 12.7 Å². The van der Waals surface area contributed by atoms with E-state index in [0.29, 0.717) is 11.4 Å². The van der Waals surface area contributed by atoms with Gasteiger partial charge in [0.15, 0.2) is 0 Å². The SMILES string of the molecule is COC(=O)CCN(C)S(=O)(=O)N(C)c1ccccc1OC. The minimum Gasteiger partial charge on any atom is -0.495 e. The zero-order valence-corrected chi connectivity index (χ0v) is 13.4. The summed E-state index contributed by atoms with van der Waals surface area (Å²) in [6, 6.07) is 6.79. The van der Waals surface area contributed by atoms with E-state index in [4.69, 9.17) is 4.74 Å². The maximum absolute atomic E-state index is 12.4. The number of anilines is 1. The number of para-hydroxylation sites is 2. The Kier molecular flexibility index (Phi) is 5.98. The Bertz CT molecular complexity index is 588. The lowest BCUT2D eigenvalue weighted by molar-refractivity contribution is -0.140. The first-order valence-electron chi connectivity index (χ1n) is 6.24. The van der Waals surface area contributed by atoms with Crippen LogP contribution in [0, 0.1) is 0 Å². The minimum atomic E-state index is -3.75. The van der Waals surface area contributed by atoms with Crippen LogP contribution >= 0.6 is 0 Å². The van der Waals surface area contributed by atoms with Crippen LogP contribution in [-0.4, -0.2) is 53.6 Å². The van der Waals surface area contributed by atoms with Crippen LogP contribution in [0.15, 0.2) is 24.3 Å². The number of carbonyl (C=O) groups excluding carboxylic acids is 1. The molecule has 0 N–H and O–H groups in total. The number of carbonyl (C=O) groups is 1. The molecule has 0 radical (unpaired) electrons. The van der Waals surface area contributed by atoms with Crippen LogP contribution < -0.4 is 9.04 Å². The van der Waals surface area contributed by atoms with Gasteiger partial charge in [-0.1, -0.05) is 12.1 Å². The smallest absolute Gasteiger partial charge is 0.306 e. The molecule has 8 heteroatoms. The van der Waals surface area contributed by atoms with Crippen LogP contribution in [0.2, 0.25) is 0 Å². The third-order valence-corrected chi connectivity index (χ3v) is 4.88. The second-order valence-corrected chi connectivity index (χ2v) is 6.36. The molecule has 0 aromatic heterocycles. The van der Waals surface area contributed by atoms with Crippen LogP contribution in [-0.2, 0) is 19.7 Å². The Labute approximate surface area is 125 Å². The van der Waals surface area contributed by atoms with Crippen molar-refractivity contribution < 1.29 is 22.7 Å². The fourth-order valence-electron chi connectivity index (χ4n) is 1.69. The predicted molar refractivity (Wildman–Crippen MR) is 79.6 cm³/mol. The number of esters is 1. The molecule has 0 bridgehead atoms. The quantitative estimate of drug-likeness (QED) is 0.698. The fourth-order valence-corrected chi connectivity index (χ4v) is 2.83. The van der Waals surface area contributed by atoms with E-state index in [1.807, 2.05) is 0 Å². The Morgan fingerprint density at radius 1 is 1.19 bits per heavy atom. The average molecular weight is 316 g/mol. The number of methoxy groups -OCH3 is 2. The van der Waals surface area contributed by atoms with Gasteiger partial charge in [0.25, 0.3) is 0 Å². The Morgan fingerprint density at radius 2 is 1.81 bits per heavy atom. The largest absolute Gasteiger partial charge is 0.495 e. The van der Waals surface area contributed by atoms with E-state index >= 15 is 0 Å². The summed E-state index contributed by atoms with van der Waals surface area (Å²) in [7, 11) is 1.82. The number of rotatable bonds is 7. The highest BCUT2D eigenvalue weighted by Crippen LogP contribution is 2.29. The van der Waals surface area contributed by atoms with Crippen molar-refractivity contribution in [2.45, 2.75) is 6.42 Å². The standard InChI is InChI=1S/C13H20N2O5S/c1-14(10-9-13(16)20-4)21(17,18)15(2)11-7-5-6-8-12(11)19-3/h5-8H,9-10H2,1-4H3. The van der Waals surface area contributed by atoms with Gasteiger partial charge in [0, 0.05) is 20.6 Å². The van der Waals surface area contributed by atoms with Crippen molar-refractivity contribution in [2.24, 2.45) is 0 Å². The molecular formula is C13H20N2O5S. The zero-order valence-electron chi connectivity index (χ0n) is 12.6. The predicted octanol–water partition coefficient (Wildman–Crippen LogP) is 0.871. The molecule has 0 spiro atoms. The molecule has 0 atom stereocenters. The number of hydrogen-bond acceptors (Lipinski definition) is 5. The van der Waals surface area contributed by atoms with E-state index < -0.39 is 16.2 Å². The van der Waals surface area contributed by atoms with Crippen molar-refractivity contribution >= 4 is 21.9 Å². The van der Waals surface area contributed by atoms with E-state index in [9.17, 15) is 13.2 Å². The van der Waals surface area contributed by atoms with Gasteiger partial charge >= 0.3 is 16.2 Å². The first-order valence-corrected chi connectivity index (χ1v) is 7.64. The van der Waals surface area contributed by atoms with E-state index in [2.05, 4.69) is 4.74 Å². The Hall–Kier alpha value is -1.80. The molecule has 1 rings (SSSR count). The molecular weight excluding hydrogens is 296 g/mol. The van der Waals surface area contributed by atoms with Gasteiger partial charge in [0.1, 0.15) is 5.75 Å². The number of benzene rings is 1. The van der Waals surface area contributed by atoms with Crippen molar-refractivity contribution in [3.05, 3.63) is 24.3 Å². The van der Waals surface area contributed by atoms with Crippen molar-refractivity contribution in [1.82, 2.24) is 4.31 Å². The number of nitrogens with zero attached hydrogens (tertiary/aromatic N) is 2. The van der Waals surface area contributed by atoms with E-state index in [0.717, 1.165) is 8.61 Å². The summed E-state index contributed by atoms with van der Waals surface area (Å²) in [5.74, 6) is -0.0121. The summed E-state index contributed by atoms with van der Waals surface area (Å²) in [4.78, 5) is 11.1. The average Bonchev–Trinajstić information content (AvgIpc) is 2.50. The van der Waals surface area contributed by atoms with Crippen molar-refractivity contribution in [2.75, 3.05) is 39.2 Å². The van der Waals surface area contributed by atoms with Gasteiger partial charge in [-0.25, -0.2) is 0 Å². The molecule has 0 aliphatic heterocycles. The lowest BCUT2D eigenvalue weighted by Gasteiger charge is -2.26. The summed E-state index contributed by atoms with van der Waals surface area (Å²) in [5.41, 5.74) is 0.421. The van der Waals surface area contributed by atoms with Gasteiger partial charge in [-0.15, -0.1) is 0 Å². The fraction of sp³-hybridized carbons (Fsp3) is 0.462. The third kappa shape index (κ3) is 4.08. The van der Waals surface area contributed by atoms with Crippen molar-refractivity contribution in [3.8, 4) is 5.75 Å². The first kappa shape index (κ1) is 17.3. The van der Waals surface area contributed by atoms with Crippen molar-refractivity contribution in [1.29, 1.82) is 0 Å². The molecule has 0 aliphatic carbocycles. The van der Waals surface area contributed by atoms with Crippen LogP contribution in [0.5, 0.6) is 5.75 Å². The van der Waals surface area contributed by atoms with E-state index in [1.165, 1.54) is 28.3 Å². The lowest BCUT2D eigenvalue weighted by Crippen LogP contribution is -2.40. The summed E-state index contributed by atoms with van der Waals surface area (Å²) < 4.78 is 36.8. The number of ether oxygens (including phenoxy) is 2. The molecule has 0 fully saturated rings. The van der Waals surface area contributed by atoms with Crippen LogP contribution in [0.25, 0.3) is 0 Å². The van der Waals surface area contributed by atoms with E-state index in [-0.39, 0.29) is 13.0 Å². The first-order chi connectivity index (χ1) is 9.84. The topological polar surface area (TPSA) is 76.2 Å². The van der Waals surface area contributed by atoms with Crippen molar-refractivity contribution in [3.63, 3.8) is 0 Å². The van der Waals surface area contributed by atoms with Gasteiger partial charge in [-0.3, -0.25) is 9.10 Å². The second kappa shape index (κ2) is 7.28. The molecule has 21 heavy (non-hydrogen) atoms. The molecule has 1 aromatic rings. The molecule has 0 unspecified atom stereocenters. The molecule has 118 valence electrons. The monoisotopic (exact) mass is 316 g/mol. The summed E-state index contributed by atoms with van der Waals surface area (Å²) in [6.45, 7) is 0.0362. The molecule has 1 aromatic carbocycles. The van der Waals surface area contributed by atoms with Crippen LogP contribution in [0.4, 0.5) is 5.69 Å². The maximum atomic E-state index is 12.4. The zero-order chi connectivity index (χ0) is 16.0. The van der Waals surface area contributed by atoms with Crippen LogP contribution in [0.1, 0.15) is 6.42 Å². The third-order valence-electron chi connectivity index (χ3n) is 3.02. The highest BCUT2D eigenvalue weighted by Gasteiger charge is 2.26.